The average Bonchev–Trinajstić information content (AvgIpc) is 3.30. The summed E-state index contributed by atoms with van der Waals surface area (Å²) in [5, 5.41) is 4.63. The first-order chi connectivity index (χ1) is 15.2. The van der Waals surface area contributed by atoms with E-state index in [0.717, 1.165) is 44.1 Å². The van der Waals surface area contributed by atoms with Crippen LogP contribution in [0.1, 0.15) is 25.0 Å². The van der Waals surface area contributed by atoms with Crippen molar-refractivity contribution in [1.82, 2.24) is 14.9 Å². The Hall–Kier alpha value is -1.94. The molecule has 9 heteroatoms. The summed E-state index contributed by atoms with van der Waals surface area (Å²) in [6, 6.07) is 8.86. The number of piperazine rings is 1. The van der Waals surface area contributed by atoms with Gasteiger partial charge >= 0.3 is 0 Å². The van der Waals surface area contributed by atoms with Gasteiger partial charge in [0.2, 0.25) is 5.91 Å². The molecule has 0 unspecified atom stereocenters. The number of benzene rings is 1. The van der Waals surface area contributed by atoms with E-state index in [-0.39, 0.29) is 16.0 Å². The van der Waals surface area contributed by atoms with Crippen molar-refractivity contribution >= 4 is 33.0 Å². The second kappa shape index (κ2) is 10.8. The molecule has 1 aliphatic rings. The highest BCUT2D eigenvalue weighted by Crippen LogP contribution is 2.23. The molecule has 176 valence electrons. The van der Waals surface area contributed by atoms with Crippen LogP contribution in [0.5, 0.6) is 0 Å². The Morgan fingerprint density at radius 3 is 2.44 bits per heavy atom. The van der Waals surface area contributed by atoms with Crippen molar-refractivity contribution in [2.45, 2.75) is 37.9 Å². The van der Waals surface area contributed by atoms with Gasteiger partial charge in [-0.2, -0.15) is 4.72 Å². The van der Waals surface area contributed by atoms with Crippen LogP contribution in [0.2, 0.25) is 0 Å². The van der Waals surface area contributed by atoms with E-state index >= 15 is 0 Å². The van der Waals surface area contributed by atoms with Gasteiger partial charge in [0.25, 0.3) is 10.0 Å². The van der Waals surface area contributed by atoms with Crippen molar-refractivity contribution < 1.29 is 13.2 Å². The Bertz CT molecular complexity index is 998. The standard InChI is InChI=1S/C23H34N4O3S2/c1-17(2)22(25-32(29,30)21-9-6-16-31-21)23(28)24-10-11-26-12-14-27(15-13-26)20-8-5-7-18(3)19(20)4/h5-9,16-17,22,25H,10-15H2,1-4H3,(H,24,28)/t22-/m1/s1. The number of thiophene rings is 1. The minimum atomic E-state index is -3.70. The highest BCUT2D eigenvalue weighted by atomic mass is 32.2. The van der Waals surface area contributed by atoms with Crippen LogP contribution in [0.25, 0.3) is 0 Å². The van der Waals surface area contributed by atoms with Crippen LogP contribution in [0.15, 0.2) is 39.9 Å². The van der Waals surface area contributed by atoms with E-state index in [1.807, 2.05) is 13.8 Å². The molecule has 1 amide bonds. The van der Waals surface area contributed by atoms with Gasteiger partial charge in [-0.3, -0.25) is 9.69 Å². The SMILES string of the molecule is Cc1cccc(N2CCN(CCNC(=O)[C@H](NS(=O)(=O)c3cccs3)C(C)C)CC2)c1C. The van der Waals surface area contributed by atoms with E-state index in [1.165, 1.54) is 16.8 Å². The van der Waals surface area contributed by atoms with Crippen molar-refractivity contribution in [3.8, 4) is 0 Å². The highest BCUT2D eigenvalue weighted by Gasteiger charge is 2.29. The largest absolute Gasteiger partial charge is 0.369 e. The molecule has 2 N–H and O–H groups in total. The molecule has 2 aromatic rings. The number of sulfonamides is 1. The van der Waals surface area contributed by atoms with Gasteiger partial charge in [0.1, 0.15) is 10.3 Å². The fourth-order valence-corrected chi connectivity index (χ4v) is 6.23. The number of carbonyl (C=O) groups is 1. The van der Waals surface area contributed by atoms with Gasteiger partial charge in [0.15, 0.2) is 0 Å². The average molecular weight is 479 g/mol. The summed E-state index contributed by atoms with van der Waals surface area (Å²) in [5.41, 5.74) is 3.94. The van der Waals surface area contributed by atoms with Gasteiger partial charge in [-0.25, -0.2) is 8.42 Å². The third kappa shape index (κ3) is 6.10. The zero-order valence-corrected chi connectivity index (χ0v) is 20.9. The predicted octanol–water partition coefficient (Wildman–Crippen LogP) is 2.61. The van der Waals surface area contributed by atoms with Crippen molar-refractivity contribution in [1.29, 1.82) is 0 Å². The summed E-state index contributed by atoms with van der Waals surface area (Å²) >= 11 is 1.14. The van der Waals surface area contributed by atoms with Gasteiger partial charge in [-0.15, -0.1) is 11.3 Å². The van der Waals surface area contributed by atoms with E-state index in [2.05, 4.69) is 51.9 Å². The molecule has 1 saturated heterocycles. The zero-order chi connectivity index (χ0) is 23.3. The van der Waals surface area contributed by atoms with Crippen molar-refractivity contribution in [3.63, 3.8) is 0 Å². The van der Waals surface area contributed by atoms with Crippen LogP contribution in [0.4, 0.5) is 5.69 Å². The molecule has 2 heterocycles. The van der Waals surface area contributed by atoms with Gasteiger partial charge in [-0.1, -0.05) is 32.0 Å². The molecule has 0 saturated carbocycles. The molecule has 0 spiro atoms. The second-order valence-corrected chi connectivity index (χ2v) is 11.5. The normalized spacial score (nSPS) is 16.3. The maximum Gasteiger partial charge on any atom is 0.250 e. The maximum absolute atomic E-state index is 12.7. The molecular weight excluding hydrogens is 444 g/mol. The first-order valence-corrected chi connectivity index (χ1v) is 13.4. The minimum absolute atomic E-state index is 0.161. The van der Waals surface area contributed by atoms with E-state index in [9.17, 15) is 13.2 Å². The number of nitrogens with zero attached hydrogens (tertiary/aromatic N) is 2. The Balaban J connectivity index is 1.47. The van der Waals surface area contributed by atoms with Crippen LogP contribution >= 0.6 is 11.3 Å². The monoisotopic (exact) mass is 478 g/mol. The number of amides is 1. The summed E-state index contributed by atoms with van der Waals surface area (Å²) in [6.45, 7) is 13.0. The topological polar surface area (TPSA) is 81.8 Å². The molecule has 0 radical (unpaired) electrons. The molecule has 1 aromatic heterocycles. The van der Waals surface area contributed by atoms with E-state index in [1.54, 1.807) is 17.5 Å². The molecule has 0 bridgehead atoms. The quantitative estimate of drug-likeness (QED) is 0.579. The molecule has 1 aliphatic heterocycles. The molecule has 1 aromatic carbocycles. The summed E-state index contributed by atoms with van der Waals surface area (Å²) in [6.07, 6.45) is 0. The summed E-state index contributed by atoms with van der Waals surface area (Å²) < 4.78 is 27.9. The Morgan fingerprint density at radius 2 is 1.81 bits per heavy atom. The van der Waals surface area contributed by atoms with Gasteiger partial charge in [-0.05, 0) is 48.4 Å². The number of rotatable bonds is 9. The minimum Gasteiger partial charge on any atom is -0.369 e. The molecule has 7 nitrogen and oxygen atoms in total. The summed E-state index contributed by atoms with van der Waals surface area (Å²) in [5.74, 6) is -0.444. The molecule has 1 fully saturated rings. The van der Waals surface area contributed by atoms with Crippen molar-refractivity contribution in [2.75, 3.05) is 44.2 Å². The highest BCUT2D eigenvalue weighted by molar-refractivity contribution is 7.91. The zero-order valence-electron chi connectivity index (χ0n) is 19.3. The van der Waals surface area contributed by atoms with E-state index < -0.39 is 16.1 Å². The number of anilines is 1. The lowest BCUT2D eigenvalue weighted by molar-refractivity contribution is -0.123. The molecule has 1 atom stereocenters. The number of carbonyl (C=O) groups excluding carboxylic acids is 1. The smallest absolute Gasteiger partial charge is 0.250 e. The van der Waals surface area contributed by atoms with E-state index in [4.69, 9.17) is 0 Å². The summed E-state index contributed by atoms with van der Waals surface area (Å²) in [4.78, 5) is 17.5. The fourth-order valence-electron chi connectivity index (χ4n) is 3.87. The van der Waals surface area contributed by atoms with Crippen molar-refractivity contribution in [3.05, 3.63) is 46.8 Å². The van der Waals surface area contributed by atoms with Gasteiger partial charge in [0, 0.05) is 45.0 Å². The first kappa shape index (κ1) is 24.7. The lowest BCUT2D eigenvalue weighted by Crippen LogP contribution is -2.52. The molecule has 0 aliphatic carbocycles. The van der Waals surface area contributed by atoms with Crippen molar-refractivity contribution in [2.24, 2.45) is 5.92 Å². The Morgan fingerprint density at radius 1 is 1.09 bits per heavy atom. The molecular formula is C23H34N4O3S2. The molecule has 3 rings (SSSR count). The summed E-state index contributed by atoms with van der Waals surface area (Å²) in [7, 11) is -3.70. The number of aryl methyl sites for hydroxylation is 1. The third-order valence-corrected chi connectivity index (χ3v) is 8.85. The van der Waals surface area contributed by atoms with Crippen LogP contribution in [-0.2, 0) is 14.8 Å². The lowest BCUT2D eigenvalue weighted by atomic mass is 10.1. The predicted molar refractivity (Wildman–Crippen MR) is 131 cm³/mol. The number of hydrogen-bond donors (Lipinski definition) is 2. The van der Waals surface area contributed by atoms with Crippen LogP contribution < -0.4 is 14.9 Å². The number of nitrogens with one attached hydrogen (secondary N) is 2. The molecule has 32 heavy (non-hydrogen) atoms. The third-order valence-electron chi connectivity index (χ3n) is 6.01. The second-order valence-electron chi connectivity index (χ2n) is 8.61. The Kier molecular flexibility index (Phi) is 8.32. The van der Waals surface area contributed by atoms with E-state index in [0.29, 0.717) is 6.54 Å². The lowest BCUT2D eigenvalue weighted by Gasteiger charge is -2.37. The maximum atomic E-state index is 12.7. The van der Waals surface area contributed by atoms with Crippen LogP contribution in [0, 0.1) is 19.8 Å². The number of hydrogen-bond acceptors (Lipinski definition) is 6. The van der Waals surface area contributed by atoms with Crippen LogP contribution in [0.3, 0.4) is 0 Å². The fraction of sp³-hybridized carbons (Fsp3) is 0.522. The van der Waals surface area contributed by atoms with Gasteiger partial charge in [0.05, 0.1) is 0 Å². The van der Waals surface area contributed by atoms with Crippen LogP contribution in [-0.4, -0.2) is 64.5 Å². The Labute approximate surface area is 195 Å². The first-order valence-electron chi connectivity index (χ1n) is 11.1. The van der Waals surface area contributed by atoms with Gasteiger partial charge < -0.3 is 10.2 Å².